The normalized spacial score (nSPS) is 20.7. The van der Waals surface area contributed by atoms with Crippen molar-refractivity contribution in [2.45, 2.75) is 63.7 Å². The van der Waals surface area contributed by atoms with Gasteiger partial charge in [0.1, 0.15) is 0 Å². The van der Waals surface area contributed by atoms with Gasteiger partial charge in [-0.05, 0) is 19.8 Å². The quantitative estimate of drug-likeness (QED) is 0.608. The molecular formula is C13H25NO3. The van der Waals surface area contributed by atoms with Crippen LogP contribution in [0.15, 0.2) is 0 Å². The van der Waals surface area contributed by atoms with Gasteiger partial charge >= 0.3 is 0 Å². The molecule has 0 heterocycles. The standard InChI is InChI=1S/C13H25NO3/c1-11(15)14-13(12(2,16-3)17-4)9-7-5-6-8-10-13/h5-10H2,1-4H3,(H,14,15). The Morgan fingerprint density at radius 3 is 1.94 bits per heavy atom. The van der Waals surface area contributed by atoms with Gasteiger partial charge in [-0.2, -0.15) is 0 Å². The monoisotopic (exact) mass is 243 g/mol. The van der Waals surface area contributed by atoms with Gasteiger partial charge in [0.15, 0.2) is 5.79 Å². The second kappa shape index (κ2) is 5.83. The van der Waals surface area contributed by atoms with Gasteiger partial charge in [-0.3, -0.25) is 4.79 Å². The van der Waals surface area contributed by atoms with Crippen molar-refractivity contribution in [2.24, 2.45) is 0 Å². The molecule has 1 aliphatic carbocycles. The summed E-state index contributed by atoms with van der Waals surface area (Å²) >= 11 is 0. The van der Waals surface area contributed by atoms with Crippen molar-refractivity contribution in [1.82, 2.24) is 5.32 Å². The van der Waals surface area contributed by atoms with Crippen molar-refractivity contribution in [2.75, 3.05) is 14.2 Å². The Bertz CT molecular complexity index is 253. The molecule has 1 amide bonds. The molecule has 0 aromatic heterocycles. The molecule has 0 aromatic rings. The summed E-state index contributed by atoms with van der Waals surface area (Å²) in [6.45, 7) is 3.46. The van der Waals surface area contributed by atoms with Crippen LogP contribution in [0, 0.1) is 0 Å². The van der Waals surface area contributed by atoms with E-state index in [1.165, 1.54) is 12.8 Å². The average Bonchev–Trinajstić information content (AvgIpc) is 2.54. The zero-order valence-corrected chi connectivity index (χ0v) is 11.5. The Balaban J connectivity index is 3.01. The smallest absolute Gasteiger partial charge is 0.217 e. The molecule has 4 heteroatoms. The first kappa shape index (κ1) is 14.5. The highest BCUT2D eigenvalue weighted by molar-refractivity contribution is 5.74. The fourth-order valence-corrected chi connectivity index (χ4v) is 2.84. The number of hydrogen-bond donors (Lipinski definition) is 1. The van der Waals surface area contributed by atoms with Crippen LogP contribution in [-0.4, -0.2) is 31.5 Å². The van der Waals surface area contributed by atoms with Crippen LogP contribution >= 0.6 is 0 Å². The molecule has 0 atom stereocenters. The molecule has 100 valence electrons. The van der Waals surface area contributed by atoms with Crippen LogP contribution in [0.2, 0.25) is 0 Å². The molecule has 0 saturated heterocycles. The van der Waals surface area contributed by atoms with E-state index in [1.54, 1.807) is 21.1 Å². The number of methoxy groups -OCH3 is 2. The number of amides is 1. The van der Waals surface area contributed by atoms with Crippen molar-refractivity contribution in [3.05, 3.63) is 0 Å². The van der Waals surface area contributed by atoms with Gasteiger partial charge in [0, 0.05) is 21.1 Å². The second-order valence-corrected chi connectivity index (χ2v) is 5.03. The Kier molecular flexibility index (Phi) is 4.95. The van der Waals surface area contributed by atoms with Gasteiger partial charge in [-0.25, -0.2) is 0 Å². The summed E-state index contributed by atoms with van der Waals surface area (Å²) in [7, 11) is 3.27. The van der Waals surface area contributed by atoms with Gasteiger partial charge in [0.25, 0.3) is 0 Å². The second-order valence-electron chi connectivity index (χ2n) is 5.03. The Hall–Kier alpha value is -0.610. The molecule has 1 N–H and O–H groups in total. The predicted octanol–water partition coefficient (Wildman–Crippen LogP) is 2.22. The first-order chi connectivity index (χ1) is 7.99. The summed E-state index contributed by atoms with van der Waals surface area (Å²) in [6, 6.07) is 0. The molecule has 1 saturated carbocycles. The highest BCUT2D eigenvalue weighted by Gasteiger charge is 2.49. The molecule has 0 unspecified atom stereocenters. The lowest BCUT2D eigenvalue weighted by Gasteiger charge is -2.46. The van der Waals surface area contributed by atoms with Gasteiger partial charge in [-0.1, -0.05) is 25.7 Å². The summed E-state index contributed by atoms with van der Waals surface area (Å²) < 4.78 is 11.1. The molecule has 1 fully saturated rings. The van der Waals surface area contributed by atoms with Crippen LogP contribution in [0.4, 0.5) is 0 Å². The molecule has 0 radical (unpaired) electrons. The summed E-state index contributed by atoms with van der Waals surface area (Å²) in [5, 5.41) is 3.09. The lowest BCUT2D eigenvalue weighted by molar-refractivity contribution is -0.245. The molecule has 0 aliphatic heterocycles. The van der Waals surface area contributed by atoms with E-state index in [0.29, 0.717) is 0 Å². The first-order valence-corrected chi connectivity index (χ1v) is 6.39. The lowest BCUT2D eigenvalue weighted by atomic mass is 9.82. The van der Waals surface area contributed by atoms with Crippen LogP contribution in [-0.2, 0) is 14.3 Å². The minimum Gasteiger partial charge on any atom is -0.351 e. The van der Waals surface area contributed by atoms with Crippen LogP contribution < -0.4 is 5.32 Å². The van der Waals surface area contributed by atoms with Gasteiger partial charge in [-0.15, -0.1) is 0 Å². The minimum atomic E-state index is -0.761. The third-order valence-electron chi connectivity index (χ3n) is 4.02. The molecule has 0 bridgehead atoms. The van der Waals surface area contributed by atoms with E-state index in [4.69, 9.17) is 9.47 Å². The molecular weight excluding hydrogens is 218 g/mol. The van der Waals surface area contributed by atoms with Crippen molar-refractivity contribution in [3.63, 3.8) is 0 Å². The first-order valence-electron chi connectivity index (χ1n) is 6.39. The molecule has 17 heavy (non-hydrogen) atoms. The highest BCUT2D eigenvalue weighted by Crippen LogP contribution is 2.38. The maximum absolute atomic E-state index is 11.5. The summed E-state index contributed by atoms with van der Waals surface area (Å²) in [6.07, 6.45) is 6.44. The molecule has 4 nitrogen and oxygen atoms in total. The van der Waals surface area contributed by atoms with E-state index in [9.17, 15) is 4.79 Å². The third kappa shape index (κ3) is 2.99. The van der Waals surface area contributed by atoms with Crippen molar-refractivity contribution < 1.29 is 14.3 Å². The van der Waals surface area contributed by atoms with E-state index >= 15 is 0 Å². The van der Waals surface area contributed by atoms with E-state index in [-0.39, 0.29) is 5.91 Å². The van der Waals surface area contributed by atoms with Crippen LogP contribution in [0.25, 0.3) is 0 Å². The zero-order chi connectivity index (χ0) is 12.9. The number of rotatable bonds is 4. The van der Waals surface area contributed by atoms with Crippen LogP contribution in [0.3, 0.4) is 0 Å². The largest absolute Gasteiger partial charge is 0.351 e. The number of carbonyl (C=O) groups is 1. The molecule has 1 aliphatic rings. The molecule has 0 aromatic carbocycles. The maximum atomic E-state index is 11.5. The molecule has 1 rings (SSSR count). The Morgan fingerprint density at radius 1 is 1.12 bits per heavy atom. The van der Waals surface area contributed by atoms with E-state index in [2.05, 4.69) is 5.32 Å². The van der Waals surface area contributed by atoms with E-state index < -0.39 is 11.3 Å². The number of carbonyl (C=O) groups excluding carboxylic acids is 1. The maximum Gasteiger partial charge on any atom is 0.217 e. The SMILES string of the molecule is COC(C)(OC)C1(NC(C)=O)CCCCCC1. The average molecular weight is 243 g/mol. The fourth-order valence-electron chi connectivity index (χ4n) is 2.84. The van der Waals surface area contributed by atoms with Gasteiger partial charge < -0.3 is 14.8 Å². The summed E-state index contributed by atoms with van der Waals surface area (Å²) in [5.41, 5.74) is -0.404. The van der Waals surface area contributed by atoms with E-state index in [1.807, 2.05) is 6.92 Å². The topological polar surface area (TPSA) is 47.6 Å². The van der Waals surface area contributed by atoms with Crippen LogP contribution in [0.1, 0.15) is 52.4 Å². The third-order valence-corrected chi connectivity index (χ3v) is 4.02. The Labute approximate surface area is 104 Å². The summed E-state index contributed by atoms with van der Waals surface area (Å²) in [4.78, 5) is 11.5. The number of hydrogen-bond acceptors (Lipinski definition) is 3. The summed E-state index contributed by atoms with van der Waals surface area (Å²) in [5.74, 6) is -0.782. The fraction of sp³-hybridized carbons (Fsp3) is 0.923. The zero-order valence-electron chi connectivity index (χ0n) is 11.5. The van der Waals surface area contributed by atoms with Gasteiger partial charge in [0.2, 0.25) is 5.91 Å². The van der Waals surface area contributed by atoms with Crippen molar-refractivity contribution >= 4 is 5.91 Å². The number of nitrogens with one attached hydrogen (secondary N) is 1. The predicted molar refractivity (Wildman–Crippen MR) is 66.7 cm³/mol. The lowest BCUT2D eigenvalue weighted by Crippen LogP contribution is -2.64. The van der Waals surface area contributed by atoms with Gasteiger partial charge in [0.05, 0.1) is 5.54 Å². The van der Waals surface area contributed by atoms with Crippen molar-refractivity contribution in [3.8, 4) is 0 Å². The van der Waals surface area contributed by atoms with Crippen molar-refractivity contribution in [1.29, 1.82) is 0 Å². The molecule has 0 spiro atoms. The highest BCUT2D eigenvalue weighted by atomic mass is 16.7. The number of ether oxygens (including phenoxy) is 2. The Morgan fingerprint density at radius 2 is 1.59 bits per heavy atom. The van der Waals surface area contributed by atoms with Crippen LogP contribution in [0.5, 0.6) is 0 Å². The minimum absolute atomic E-state index is 0.0211. The van der Waals surface area contributed by atoms with E-state index in [0.717, 1.165) is 25.7 Å².